The van der Waals surface area contributed by atoms with Crippen molar-refractivity contribution in [2.75, 3.05) is 6.54 Å². The van der Waals surface area contributed by atoms with Crippen molar-refractivity contribution in [3.63, 3.8) is 0 Å². The molecule has 0 fully saturated rings. The van der Waals surface area contributed by atoms with Gasteiger partial charge >= 0.3 is 0 Å². The highest BCUT2D eigenvalue weighted by molar-refractivity contribution is 6.35. The van der Waals surface area contributed by atoms with E-state index in [1.807, 2.05) is 38.1 Å². The molecule has 0 saturated heterocycles. The van der Waals surface area contributed by atoms with Gasteiger partial charge in [0.25, 0.3) is 0 Å². The van der Waals surface area contributed by atoms with Crippen molar-refractivity contribution in [1.29, 1.82) is 0 Å². The van der Waals surface area contributed by atoms with Gasteiger partial charge in [0.15, 0.2) is 0 Å². The van der Waals surface area contributed by atoms with Crippen molar-refractivity contribution in [3.05, 3.63) is 69.2 Å². The molecular formula is C24H30Cl2N2O2. The van der Waals surface area contributed by atoms with Crippen LogP contribution in [0.25, 0.3) is 0 Å². The molecule has 0 aromatic heterocycles. The van der Waals surface area contributed by atoms with Crippen LogP contribution in [0.4, 0.5) is 0 Å². The van der Waals surface area contributed by atoms with Crippen molar-refractivity contribution < 1.29 is 9.59 Å². The predicted octanol–water partition coefficient (Wildman–Crippen LogP) is 5.57. The number of nitrogens with zero attached hydrogens (tertiary/aromatic N) is 1. The number of aryl methyl sites for hydroxylation is 1. The summed E-state index contributed by atoms with van der Waals surface area (Å²) in [6, 6.07) is 12.5. The number of nitrogens with one attached hydrogen (secondary N) is 1. The van der Waals surface area contributed by atoms with Crippen LogP contribution in [-0.2, 0) is 22.6 Å². The van der Waals surface area contributed by atoms with E-state index in [-0.39, 0.29) is 18.2 Å². The van der Waals surface area contributed by atoms with Crippen molar-refractivity contribution >= 4 is 35.0 Å². The fraction of sp³-hybridized carbons (Fsp3) is 0.417. The van der Waals surface area contributed by atoms with Gasteiger partial charge in [-0.05, 0) is 48.6 Å². The molecule has 162 valence electrons. The maximum atomic E-state index is 13.4. The zero-order valence-electron chi connectivity index (χ0n) is 17.9. The van der Waals surface area contributed by atoms with Crippen molar-refractivity contribution in [2.45, 2.75) is 59.0 Å². The molecule has 30 heavy (non-hydrogen) atoms. The van der Waals surface area contributed by atoms with Gasteiger partial charge in [-0.3, -0.25) is 9.59 Å². The van der Waals surface area contributed by atoms with Gasteiger partial charge in [-0.1, -0.05) is 73.8 Å². The SMILES string of the molecule is CCCCNC(=O)[C@@H](CC)N(Cc1ccccc1C)C(=O)Cc1ccc(Cl)cc1Cl. The number of carbonyl (C=O) groups excluding carboxylic acids is 2. The molecule has 0 aliphatic carbocycles. The highest BCUT2D eigenvalue weighted by Gasteiger charge is 2.29. The number of benzene rings is 2. The van der Waals surface area contributed by atoms with Gasteiger partial charge in [-0.25, -0.2) is 0 Å². The maximum absolute atomic E-state index is 13.4. The molecule has 0 aliphatic rings. The van der Waals surface area contributed by atoms with Crippen molar-refractivity contribution in [3.8, 4) is 0 Å². The summed E-state index contributed by atoms with van der Waals surface area (Å²) in [6.07, 6.45) is 2.55. The average molecular weight is 449 g/mol. The number of unbranched alkanes of at least 4 members (excludes halogenated alkanes) is 1. The molecule has 0 saturated carbocycles. The third-order valence-electron chi connectivity index (χ3n) is 5.17. The Morgan fingerprint density at radius 3 is 2.43 bits per heavy atom. The molecule has 0 unspecified atom stereocenters. The second-order valence-electron chi connectivity index (χ2n) is 7.43. The van der Waals surface area contributed by atoms with Crippen LogP contribution in [0.5, 0.6) is 0 Å². The normalized spacial score (nSPS) is 11.8. The van der Waals surface area contributed by atoms with E-state index >= 15 is 0 Å². The smallest absolute Gasteiger partial charge is 0.242 e. The quantitative estimate of drug-likeness (QED) is 0.483. The van der Waals surface area contributed by atoms with E-state index < -0.39 is 6.04 Å². The van der Waals surface area contributed by atoms with Crippen LogP contribution in [0.3, 0.4) is 0 Å². The Morgan fingerprint density at radius 1 is 1.07 bits per heavy atom. The number of hydrogen-bond acceptors (Lipinski definition) is 2. The van der Waals surface area contributed by atoms with Crippen LogP contribution in [-0.4, -0.2) is 29.3 Å². The van der Waals surface area contributed by atoms with Crippen molar-refractivity contribution in [2.24, 2.45) is 0 Å². The lowest BCUT2D eigenvalue weighted by Crippen LogP contribution is -2.49. The summed E-state index contributed by atoms with van der Waals surface area (Å²) in [4.78, 5) is 27.9. The standard InChI is InChI=1S/C24H30Cl2N2O2/c1-4-6-13-27-24(30)22(5-2)28(16-19-10-8-7-9-17(19)3)23(29)14-18-11-12-20(25)15-21(18)26/h7-12,15,22H,4-6,13-14,16H2,1-3H3,(H,27,30)/t22-/m1/s1. The second kappa shape index (κ2) is 12.0. The van der Waals surface area contributed by atoms with E-state index in [9.17, 15) is 9.59 Å². The zero-order chi connectivity index (χ0) is 22.1. The lowest BCUT2D eigenvalue weighted by Gasteiger charge is -2.31. The van der Waals surface area contributed by atoms with Crippen LogP contribution >= 0.6 is 23.2 Å². The Hall–Kier alpha value is -2.04. The minimum atomic E-state index is -0.542. The molecule has 2 aromatic rings. The van der Waals surface area contributed by atoms with E-state index in [4.69, 9.17) is 23.2 Å². The molecule has 1 N–H and O–H groups in total. The Morgan fingerprint density at radius 2 is 1.80 bits per heavy atom. The van der Waals surface area contributed by atoms with Crippen molar-refractivity contribution in [1.82, 2.24) is 10.2 Å². The summed E-state index contributed by atoms with van der Waals surface area (Å²) < 4.78 is 0. The van der Waals surface area contributed by atoms with Gasteiger partial charge in [0.2, 0.25) is 11.8 Å². The van der Waals surface area contributed by atoms with Crippen LogP contribution in [0.15, 0.2) is 42.5 Å². The third kappa shape index (κ3) is 6.75. The monoisotopic (exact) mass is 448 g/mol. The molecular weight excluding hydrogens is 419 g/mol. The highest BCUT2D eigenvalue weighted by atomic mass is 35.5. The van der Waals surface area contributed by atoms with Gasteiger partial charge in [0.1, 0.15) is 6.04 Å². The number of carbonyl (C=O) groups is 2. The summed E-state index contributed by atoms with van der Waals surface area (Å²) in [6.45, 7) is 7.00. The molecule has 4 nitrogen and oxygen atoms in total. The first kappa shape index (κ1) is 24.2. The minimum Gasteiger partial charge on any atom is -0.354 e. The number of amides is 2. The predicted molar refractivity (Wildman–Crippen MR) is 124 cm³/mol. The largest absolute Gasteiger partial charge is 0.354 e. The Labute approximate surface area is 189 Å². The Bertz CT molecular complexity index is 870. The Balaban J connectivity index is 2.29. The molecule has 2 amide bonds. The summed E-state index contributed by atoms with van der Waals surface area (Å²) in [5.74, 6) is -0.255. The van der Waals surface area contributed by atoms with Gasteiger partial charge < -0.3 is 10.2 Å². The molecule has 0 radical (unpaired) electrons. The van der Waals surface area contributed by atoms with Crippen LogP contribution < -0.4 is 5.32 Å². The zero-order valence-corrected chi connectivity index (χ0v) is 19.4. The number of rotatable bonds is 10. The van der Waals surface area contributed by atoms with Gasteiger partial charge in [0.05, 0.1) is 6.42 Å². The molecule has 0 heterocycles. The van der Waals surface area contributed by atoms with E-state index in [0.29, 0.717) is 35.1 Å². The molecule has 1 atom stereocenters. The van der Waals surface area contributed by atoms with Crippen LogP contribution in [0.1, 0.15) is 49.8 Å². The van der Waals surface area contributed by atoms with Crippen LogP contribution in [0.2, 0.25) is 10.0 Å². The first-order valence-electron chi connectivity index (χ1n) is 10.4. The molecule has 0 aliphatic heterocycles. The highest BCUT2D eigenvalue weighted by Crippen LogP contribution is 2.23. The number of halogens is 2. The van der Waals surface area contributed by atoms with E-state index in [1.54, 1.807) is 23.1 Å². The van der Waals surface area contributed by atoms with E-state index in [2.05, 4.69) is 12.2 Å². The molecule has 2 aromatic carbocycles. The first-order chi connectivity index (χ1) is 14.4. The van der Waals surface area contributed by atoms with Gasteiger partial charge in [0, 0.05) is 23.1 Å². The summed E-state index contributed by atoms with van der Waals surface area (Å²) >= 11 is 12.3. The number of hydrogen-bond donors (Lipinski definition) is 1. The molecule has 0 bridgehead atoms. The topological polar surface area (TPSA) is 49.4 Å². The first-order valence-corrected chi connectivity index (χ1v) is 11.2. The second-order valence-corrected chi connectivity index (χ2v) is 8.27. The molecule has 0 spiro atoms. The fourth-order valence-corrected chi connectivity index (χ4v) is 3.80. The maximum Gasteiger partial charge on any atom is 0.242 e. The summed E-state index contributed by atoms with van der Waals surface area (Å²) in [5, 5.41) is 3.95. The molecule has 6 heteroatoms. The summed E-state index contributed by atoms with van der Waals surface area (Å²) in [5.41, 5.74) is 2.80. The van der Waals surface area contributed by atoms with E-state index in [0.717, 1.165) is 24.0 Å². The van der Waals surface area contributed by atoms with E-state index in [1.165, 1.54) is 0 Å². The Kier molecular flexibility index (Phi) is 9.67. The average Bonchev–Trinajstić information content (AvgIpc) is 2.71. The molecule has 2 rings (SSSR count). The lowest BCUT2D eigenvalue weighted by molar-refractivity contribution is -0.140. The fourth-order valence-electron chi connectivity index (χ4n) is 3.33. The van der Waals surface area contributed by atoms with Gasteiger partial charge in [-0.2, -0.15) is 0 Å². The third-order valence-corrected chi connectivity index (χ3v) is 5.76. The minimum absolute atomic E-state index is 0.112. The lowest BCUT2D eigenvalue weighted by atomic mass is 10.0. The van der Waals surface area contributed by atoms with Gasteiger partial charge in [-0.15, -0.1) is 0 Å². The van der Waals surface area contributed by atoms with Crippen LogP contribution in [0, 0.1) is 6.92 Å². The summed E-state index contributed by atoms with van der Waals surface area (Å²) in [7, 11) is 0.